The molecule has 0 aromatic heterocycles. The standard InChI is InChI=1S/C16H24ClNO.2C2H6/c1-13(8-7-11-17)16(19)18(3)14(2)12-15-9-5-4-6-10-15;2*1-2/h4-6,9-10,13-14H,7-8,11-12H2,1-3H3;2*1-2H3. The predicted octanol–water partition coefficient (Wildman–Crippen LogP) is 5.78. The van der Waals surface area contributed by atoms with Crippen molar-refractivity contribution in [2.45, 2.75) is 66.8 Å². The lowest BCUT2D eigenvalue weighted by molar-refractivity contribution is -0.135. The molecular weight excluding hydrogens is 306 g/mol. The Hall–Kier alpha value is -1.02. The maximum atomic E-state index is 12.3. The summed E-state index contributed by atoms with van der Waals surface area (Å²) in [6.45, 7) is 12.1. The van der Waals surface area contributed by atoms with Crippen molar-refractivity contribution >= 4 is 17.5 Å². The van der Waals surface area contributed by atoms with Gasteiger partial charge in [-0.2, -0.15) is 0 Å². The zero-order chi connectivity index (χ0) is 18.3. The van der Waals surface area contributed by atoms with Crippen LogP contribution in [0.2, 0.25) is 0 Å². The molecule has 1 aromatic carbocycles. The van der Waals surface area contributed by atoms with Gasteiger partial charge in [0.1, 0.15) is 0 Å². The molecule has 0 radical (unpaired) electrons. The molecule has 0 bridgehead atoms. The number of rotatable bonds is 7. The highest BCUT2D eigenvalue weighted by Gasteiger charge is 2.21. The average molecular weight is 342 g/mol. The summed E-state index contributed by atoms with van der Waals surface area (Å²) in [4.78, 5) is 14.1. The zero-order valence-corrected chi connectivity index (χ0v) is 16.9. The number of hydrogen-bond donors (Lipinski definition) is 0. The third-order valence-corrected chi connectivity index (χ3v) is 3.84. The summed E-state index contributed by atoms with van der Waals surface area (Å²) >= 11 is 5.67. The molecule has 3 heteroatoms. The van der Waals surface area contributed by atoms with Gasteiger partial charge in [-0.05, 0) is 31.7 Å². The number of alkyl halides is 1. The molecule has 0 N–H and O–H groups in total. The van der Waals surface area contributed by atoms with Crippen LogP contribution in [0.5, 0.6) is 0 Å². The van der Waals surface area contributed by atoms with E-state index >= 15 is 0 Å². The van der Waals surface area contributed by atoms with Gasteiger partial charge in [-0.15, -0.1) is 11.6 Å². The fraction of sp³-hybridized carbons (Fsp3) is 0.650. The van der Waals surface area contributed by atoms with E-state index in [4.69, 9.17) is 11.6 Å². The van der Waals surface area contributed by atoms with Crippen molar-refractivity contribution in [1.82, 2.24) is 4.90 Å². The van der Waals surface area contributed by atoms with Crippen LogP contribution in [0.1, 0.15) is 59.9 Å². The van der Waals surface area contributed by atoms with Crippen molar-refractivity contribution in [3.05, 3.63) is 35.9 Å². The fourth-order valence-corrected chi connectivity index (χ4v) is 2.32. The number of benzene rings is 1. The van der Waals surface area contributed by atoms with Crippen LogP contribution in [-0.2, 0) is 11.2 Å². The summed E-state index contributed by atoms with van der Waals surface area (Å²) in [5.74, 6) is 0.900. The van der Waals surface area contributed by atoms with Gasteiger partial charge in [0.25, 0.3) is 0 Å². The smallest absolute Gasteiger partial charge is 0.225 e. The predicted molar refractivity (Wildman–Crippen MR) is 104 cm³/mol. The molecule has 0 fully saturated rings. The third kappa shape index (κ3) is 10.4. The molecule has 1 amide bonds. The first-order chi connectivity index (χ1) is 11.1. The van der Waals surface area contributed by atoms with Gasteiger partial charge in [0, 0.05) is 24.9 Å². The first kappa shape index (κ1) is 24.2. The molecule has 23 heavy (non-hydrogen) atoms. The van der Waals surface area contributed by atoms with E-state index in [2.05, 4.69) is 19.1 Å². The minimum atomic E-state index is 0.0574. The lowest BCUT2D eigenvalue weighted by atomic mass is 10.0. The SMILES string of the molecule is CC.CC.CC(CCCCl)C(=O)N(C)C(C)Cc1ccccc1. The van der Waals surface area contributed by atoms with Gasteiger partial charge in [-0.1, -0.05) is 65.0 Å². The Morgan fingerprint density at radius 2 is 1.61 bits per heavy atom. The molecule has 0 aliphatic carbocycles. The van der Waals surface area contributed by atoms with Gasteiger partial charge in [0.05, 0.1) is 0 Å². The summed E-state index contributed by atoms with van der Waals surface area (Å²) in [6, 6.07) is 10.5. The first-order valence-electron chi connectivity index (χ1n) is 8.92. The Kier molecular flexibility index (Phi) is 16.7. The number of nitrogens with zero attached hydrogens (tertiary/aromatic N) is 1. The number of hydrogen-bond acceptors (Lipinski definition) is 1. The lowest BCUT2D eigenvalue weighted by Crippen LogP contribution is -2.39. The van der Waals surface area contributed by atoms with Crippen LogP contribution < -0.4 is 0 Å². The van der Waals surface area contributed by atoms with Gasteiger partial charge < -0.3 is 4.90 Å². The van der Waals surface area contributed by atoms with Crippen LogP contribution >= 0.6 is 11.6 Å². The van der Waals surface area contributed by atoms with Crippen molar-refractivity contribution < 1.29 is 4.79 Å². The Bertz CT molecular complexity index is 380. The van der Waals surface area contributed by atoms with Gasteiger partial charge in [-0.3, -0.25) is 4.79 Å². The lowest BCUT2D eigenvalue weighted by Gasteiger charge is -2.28. The molecule has 1 aromatic rings. The van der Waals surface area contributed by atoms with Crippen LogP contribution in [0.4, 0.5) is 0 Å². The number of carbonyl (C=O) groups excluding carboxylic acids is 1. The molecule has 2 unspecified atom stereocenters. The number of amides is 1. The summed E-state index contributed by atoms with van der Waals surface area (Å²) < 4.78 is 0. The molecule has 2 nitrogen and oxygen atoms in total. The van der Waals surface area contributed by atoms with Crippen LogP contribution in [0, 0.1) is 5.92 Å². The van der Waals surface area contributed by atoms with E-state index in [1.807, 2.05) is 64.8 Å². The van der Waals surface area contributed by atoms with Gasteiger partial charge >= 0.3 is 0 Å². The molecule has 0 spiro atoms. The van der Waals surface area contributed by atoms with E-state index in [9.17, 15) is 4.79 Å². The summed E-state index contributed by atoms with van der Waals surface area (Å²) in [6.07, 6.45) is 2.66. The van der Waals surface area contributed by atoms with E-state index in [1.165, 1.54) is 5.56 Å². The van der Waals surface area contributed by atoms with E-state index in [0.717, 1.165) is 19.3 Å². The van der Waals surface area contributed by atoms with E-state index in [-0.39, 0.29) is 17.9 Å². The molecule has 2 atom stereocenters. The van der Waals surface area contributed by atoms with Crippen LogP contribution in [0.25, 0.3) is 0 Å². The quantitative estimate of drug-likeness (QED) is 0.575. The molecule has 0 aliphatic heterocycles. The number of likely N-dealkylation sites (N-methyl/N-ethyl adjacent to an activating group) is 1. The van der Waals surface area contributed by atoms with Crippen molar-refractivity contribution in [1.29, 1.82) is 0 Å². The van der Waals surface area contributed by atoms with Crippen molar-refractivity contribution in [3.8, 4) is 0 Å². The van der Waals surface area contributed by atoms with E-state index in [1.54, 1.807) is 0 Å². The summed E-state index contributed by atoms with van der Waals surface area (Å²) in [7, 11) is 1.90. The highest BCUT2D eigenvalue weighted by atomic mass is 35.5. The third-order valence-electron chi connectivity index (χ3n) is 3.58. The van der Waals surface area contributed by atoms with Gasteiger partial charge in [0.15, 0.2) is 0 Å². The van der Waals surface area contributed by atoms with Crippen molar-refractivity contribution in [3.63, 3.8) is 0 Å². The van der Waals surface area contributed by atoms with Crippen molar-refractivity contribution in [2.75, 3.05) is 12.9 Å². The van der Waals surface area contributed by atoms with Gasteiger partial charge in [-0.25, -0.2) is 0 Å². The summed E-state index contributed by atoms with van der Waals surface area (Å²) in [5.41, 5.74) is 1.27. The second-order valence-corrected chi connectivity index (χ2v) is 5.60. The first-order valence-corrected chi connectivity index (χ1v) is 9.46. The Labute approximate surface area is 149 Å². The topological polar surface area (TPSA) is 20.3 Å². The maximum Gasteiger partial charge on any atom is 0.225 e. The Balaban J connectivity index is 0. The average Bonchev–Trinajstić information content (AvgIpc) is 2.62. The largest absolute Gasteiger partial charge is 0.342 e. The van der Waals surface area contributed by atoms with Crippen molar-refractivity contribution in [2.24, 2.45) is 5.92 Å². The Morgan fingerprint density at radius 1 is 1.09 bits per heavy atom. The number of halogens is 1. The zero-order valence-electron chi connectivity index (χ0n) is 16.1. The normalized spacial score (nSPS) is 12.0. The highest BCUT2D eigenvalue weighted by Crippen LogP contribution is 2.14. The van der Waals surface area contributed by atoms with Crippen LogP contribution in [-0.4, -0.2) is 29.8 Å². The maximum absolute atomic E-state index is 12.3. The summed E-state index contributed by atoms with van der Waals surface area (Å²) in [5, 5.41) is 0. The molecule has 0 aliphatic rings. The molecular formula is C20H36ClNO. The molecule has 0 heterocycles. The van der Waals surface area contributed by atoms with E-state index < -0.39 is 0 Å². The molecule has 134 valence electrons. The second-order valence-electron chi connectivity index (χ2n) is 5.22. The highest BCUT2D eigenvalue weighted by molar-refractivity contribution is 6.17. The van der Waals surface area contributed by atoms with Gasteiger partial charge in [0.2, 0.25) is 5.91 Å². The fourth-order valence-electron chi connectivity index (χ4n) is 2.16. The minimum absolute atomic E-state index is 0.0574. The minimum Gasteiger partial charge on any atom is -0.342 e. The monoisotopic (exact) mass is 341 g/mol. The van der Waals surface area contributed by atoms with Crippen LogP contribution in [0.15, 0.2) is 30.3 Å². The molecule has 1 rings (SSSR count). The van der Waals surface area contributed by atoms with Crippen LogP contribution in [0.3, 0.4) is 0 Å². The number of carbonyl (C=O) groups is 1. The Morgan fingerprint density at radius 3 is 2.09 bits per heavy atom. The molecule has 0 saturated heterocycles. The molecule has 0 saturated carbocycles. The van der Waals surface area contributed by atoms with E-state index in [0.29, 0.717) is 5.88 Å². The second kappa shape index (κ2) is 15.9.